The molecule has 0 bridgehead atoms. The Hall–Kier alpha value is -3.80. The Kier molecular flexibility index (Phi) is 8.63. The highest BCUT2D eigenvalue weighted by Gasteiger charge is 2.29. The number of amides is 1. The molecule has 0 unspecified atom stereocenters. The van der Waals surface area contributed by atoms with Gasteiger partial charge in [0.05, 0.1) is 30.6 Å². The maximum Gasteiger partial charge on any atom is 0.406 e. The Bertz CT molecular complexity index is 1170. The minimum Gasteiger partial charge on any atom is -0.495 e. The molecule has 33 heavy (non-hydrogen) atoms. The Morgan fingerprint density at radius 1 is 1.18 bits per heavy atom. The maximum absolute atomic E-state index is 13.1. The van der Waals surface area contributed by atoms with Crippen molar-refractivity contribution in [2.75, 3.05) is 24.7 Å². The highest BCUT2D eigenvalue weighted by Crippen LogP contribution is 2.29. The third-order valence-corrected chi connectivity index (χ3v) is 4.39. The average molecular weight is 461 g/mol. The van der Waals surface area contributed by atoms with Crippen LogP contribution in [0.3, 0.4) is 0 Å². The van der Waals surface area contributed by atoms with Crippen LogP contribution in [0.1, 0.15) is 36.3 Å². The lowest BCUT2D eigenvalue weighted by Crippen LogP contribution is -2.18. The molecule has 9 heteroatoms. The fourth-order valence-electron chi connectivity index (χ4n) is 3.03. The van der Waals surface area contributed by atoms with Crippen LogP contribution in [0.25, 0.3) is 10.9 Å². The van der Waals surface area contributed by atoms with Gasteiger partial charge in [0.1, 0.15) is 12.3 Å². The molecule has 0 aliphatic carbocycles. The first kappa shape index (κ1) is 25.5. The van der Waals surface area contributed by atoms with Gasteiger partial charge < -0.3 is 26.1 Å². The van der Waals surface area contributed by atoms with E-state index in [0.717, 1.165) is 4.57 Å². The van der Waals surface area contributed by atoms with Gasteiger partial charge in [0.2, 0.25) is 5.91 Å². The summed E-state index contributed by atoms with van der Waals surface area (Å²) in [5, 5.41) is 3.52. The Morgan fingerprint density at radius 2 is 1.88 bits per heavy atom. The number of carbonyl (C=O) groups is 1. The number of carbonyl (C=O) groups excluding carboxylic acids is 1. The highest BCUT2D eigenvalue weighted by molar-refractivity contribution is 5.94. The number of nitrogen functional groups attached to an aromatic ring is 1. The predicted octanol–water partition coefficient (Wildman–Crippen LogP) is 4.77. The van der Waals surface area contributed by atoms with E-state index in [9.17, 15) is 18.0 Å². The van der Waals surface area contributed by atoms with Crippen molar-refractivity contribution in [3.63, 3.8) is 0 Å². The minimum atomic E-state index is -4.40. The zero-order valence-electron chi connectivity index (χ0n) is 18.7. The van der Waals surface area contributed by atoms with Crippen molar-refractivity contribution in [3.8, 4) is 17.6 Å². The molecule has 0 saturated carbocycles. The van der Waals surface area contributed by atoms with Crippen LogP contribution in [-0.2, 0) is 6.54 Å². The number of nitrogens with two attached hydrogens (primary N) is 2. The molecule has 0 aliphatic heterocycles. The van der Waals surface area contributed by atoms with Crippen molar-refractivity contribution < 1.29 is 22.7 Å². The number of halogens is 3. The second-order valence-corrected chi connectivity index (χ2v) is 7.15. The van der Waals surface area contributed by atoms with E-state index < -0.39 is 18.6 Å². The van der Waals surface area contributed by atoms with Crippen LogP contribution in [0, 0.1) is 11.8 Å². The van der Waals surface area contributed by atoms with E-state index in [2.05, 4.69) is 31.0 Å². The summed E-state index contributed by atoms with van der Waals surface area (Å²) in [5.74, 6) is 5.39. The molecule has 1 amide bonds. The number of benzene rings is 2. The van der Waals surface area contributed by atoms with Crippen molar-refractivity contribution in [3.05, 3.63) is 53.7 Å². The zero-order chi connectivity index (χ0) is 24.6. The highest BCUT2D eigenvalue weighted by atomic mass is 19.4. The van der Waals surface area contributed by atoms with Crippen LogP contribution in [0.15, 0.2) is 42.5 Å². The number of alkyl halides is 3. The molecular formula is C24H27F3N4O2. The summed E-state index contributed by atoms with van der Waals surface area (Å²) in [6.45, 7) is 3.22. The van der Waals surface area contributed by atoms with E-state index in [0.29, 0.717) is 28.0 Å². The molecule has 0 spiro atoms. The first-order valence-corrected chi connectivity index (χ1v) is 10.3. The van der Waals surface area contributed by atoms with E-state index in [1.807, 2.05) is 0 Å². The molecule has 176 valence electrons. The van der Waals surface area contributed by atoms with Crippen molar-refractivity contribution in [1.29, 1.82) is 0 Å². The number of ether oxygens (including phenoxy) is 1. The van der Waals surface area contributed by atoms with Crippen LogP contribution in [-0.4, -0.2) is 30.3 Å². The third-order valence-electron chi connectivity index (χ3n) is 4.39. The molecule has 2 aromatic carbocycles. The Balaban J connectivity index is 0.00000122. The Morgan fingerprint density at radius 3 is 2.48 bits per heavy atom. The molecule has 0 atom stereocenters. The largest absolute Gasteiger partial charge is 0.495 e. The fourth-order valence-corrected chi connectivity index (χ4v) is 3.03. The van der Waals surface area contributed by atoms with Gasteiger partial charge in [0, 0.05) is 16.6 Å². The number of hydrogen-bond donors (Lipinski definition) is 3. The van der Waals surface area contributed by atoms with E-state index >= 15 is 0 Å². The smallest absolute Gasteiger partial charge is 0.406 e. The van der Waals surface area contributed by atoms with Gasteiger partial charge in [-0.05, 0) is 42.3 Å². The molecule has 0 radical (unpaired) electrons. The first-order valence-electron chi connectivity index (χ1n) is 10.3. The van der Waals surface area contributed by atoms with Gasteiger partial charge in [0.25, 0.3) is 0 Å². The average Bonchev–Trinajstić information content (AvgIpc) is 3.09. The molecule has 3 aromatic rings. The molecule has 0 saturated heterocycles. The number of anilines is 2. The summed E-state index contributed by atoms with van der Waals surface area (Å²) in [5.41, 5.74) is 13.0. The number of primary amides is 1. The second kappa shape index (κ2) is 11.2. The van der Waals surface area contributed by atoms with E-state index in [-0.39, 0.29) is 17.8 Å². The quantitative estimate of drug-likeness (QED) is 0.377. The van der Waals surface area contributed by atoms with Gasteiger partial charge in [-0.25, -0.2) is 0 Å². The van der Waals surface area contributed by atoms with E-state index in [4.69, 9.17) is 16.2 Å². The normalized spacial score (nSPS) is 10.6. The van der Waals surface area contributed by atoms with Gasteiger partial charge in [-0.15, -0.1) is 0 Å². The van der Waals surface area contributed by atoms with Crippen LogP contribution < -0.4 is 21.5 Å². The van der Waals surface area contributed by atoms with Crippen LogP contribution in [0.5, 0.6) is 5.75 Å². The summed E-state index contributed by atoms with van der Waals surface area (Å²) in [7, 11) is 1.44. The van der Waals surface area contributed by atoms with Gasteiger partial charge in [-0.2, -0.15) is 13.2 Å². The lowest BCUT2D eigenvalue weighted by molar-refractivity contribution is -0.140. The summed E-state index contributed by atoms with van der Waals surface area (Å²) < 4.78 is 45.5. The van der Waals surface area contributed by atoms with Crippen molar-refractivity contribution in [2.45, 2.75) is 33.0 Å². The molecule has 0 aliphatic rings. The number of fused-ring (bicyclic) bond motifs is 1. The molecule has 6 nitrogen and oxygen atoms in total. The monoisotopic (exact) mass is 460 g/mol. The molecule has 1 aromatic heterocycles. The summed E-state index contributed by atoms with van der Waals surface area (Å²) in [4.78, 5) is 11.3. The lowest BCUT2D eigenvalue weighted by Gasteiger charge is -2.11. The van der Waals surface area contributed by atoms with Crippen LogP contribution in [0.2, 0.25) is 0 Å². The van der Waals surface area contributed by atoms with Gasteiger partial charge in [-0.1, -0.05) is 32.3 Å². The molecule has 1 heterocycles. The fraction of sp³-hybridized carbons (Fsp3) is 0.292. The number of aromatic nitrogens is 1. The summed E-state index contributed by atoms with van der Waals surface area (Å²) in [6, 6.07) is 11.0. The van der Waals surface area contributed by atoms with E-state index in [1.54, 1.807) is 30.3 Å². The number of hydrogen-bond acceptors (Lipinski definition) is 4. The number of rotatable bonds is 5. The first-order chi connectivity index (χ1) is 15.6. The Labute approximate surface area is 190 Å². The molecule has 3 rings (SSSR count). The third kappa shape index (κ3) is 6.84. The number of methoxy groups -OCH3 is 1. The minimum absolute atomic E-state index is 0.134. The van der Waals surface area contributed by atoms with Crippen molar-refractivity contribution in [1.82, 2.24) is 4.57 Å². The second-order valence-electron chi connectivity index (χ2n) is 7.15. The van der Waals surface area contributed by atoms with Gasteiger partial charge in [-0.3, -0.25) is 4.79 Å². The van der Waals surface area contributed by atoms with Crippen molar-refractivity contribution in [2.24, 2.45) is 5.73 Å². The molecular weight excluding hydrogens is 433 g/mol. The summed E-state index contributed by atoms with van der Waals surface area (Å²) in [6.07, 6.45) is -3.15. The van der Waals surface area contributed by atoms with Crippen molar-refractivity contribution >= 4 is 28.2 Å². The zero-order valence-corrected chi connectivity index (χ0v) is 18.7. The summed E-state index contributed by atoms with van der Waals surface area (Å²) >= 11 is 0. The lowest BCUT2D eigenvalue weighted by atomic mass is 10.2. The molecule has 0 fully saturated rings. The molecule has 5 N–H and O–H groups in total. The van der Waals surface area contributed by atoms with Crippen LogP contribution in [0.4, 0.5) is 24.5 Å². The van der Waals surface area contributed by atoms with Gasteiger partial charge in [0.15, 0.2) is 0 Å². The topological polar surface area (TPSA) is 95.3 Å². The predicted molar refractivity (Wildman–Crippen MR) is 125 cm³/mol. The number of nitrogens with one attached hydrogen (secondary N) is 1. The maximum atomic E-state index is 13.1. The number of nitrogens with zero attached hydrogens (tertiary/aromatic N) is 1. The standard InChI is InChI=1S/C21H19F3N4O2.C3H8/c1-30-19-10-13(20(26)29)7-8-17(19)27-9-3-4-14-11-15-16(25)5-2-6-18(15)28(14)12-21(22,23)24;1-3-2/h2,5-8,10-11,27H,9,12,25H2,1H3,(H2,26,29);3H2,1-2H3. The SMILES string of the molecule is CCC.COc1cc(C(N)=O)ccc1NCC#Cc1cc2c(N)cccc2n1CC(F)(F)F. The van der Waals surface area contributed by atoms with Gasteiger partial charge >= 0.3 is 6.18 Å². The van der Waals surface area contributed by atoms with Crippen LogP contribution >= 0.6 is 0 Å². The van der Waals surface area contributed by atoms with E-state index in [1.165, 1.54) is 25.7 Å².